The fourth-order valence-electron chi connectivity index (χ4n) is 4.04. The predicted molar refractivity (Wildman–Crippen MR) is 123 cm³/mol. The van der Waals surface area contributed by atoms with Crippen molar-refractivity contribution in [3.8, 4) is 11.5 Å². The number of ether oxygens (including phenoxy) is 2. The van der Waals surface area contributed by atoms with Crippen molar-refractivity contribution in [2.24, 2.45) is 0 Å². The molecule has 0 bridgehead atoms. The van der Waals surface area contributed by atoms with Gasteiger partial charge in [0.05, 0.1) is 43.6 Å². The van der Waals surface area contributed by atoms with E-state index in [4.69, 9.17) is 9.47 Å². The second-order valence-electron chi connectivity index (χ2n) is 7.73. The molecule has 1 aromatic heterocycles. The van der Waals surface area contributed by atoms with Crippen LogP contribution in [0.1, 0.15) is 28.4 Å². The second-order valence-corrected chi connectivity index (χ2v) is 7.73. The van der Waals surface area contributed by atoms with Gasteiger partial charge in [0.25, 0.3) is 11.7 Å². The van der Waals surface area contributed by atoms with Crippen molar-refractivity contribution in [2.45, 2.75) is 19.5 Å². The number of likely N-dealkylation sites (tertiary alicyclic amines) is 1. The summed E-state index contributed by atoms with van der Waals surface area (Å²) in [6, 6.07) is 17.0. The largest absolute Gasteiger partial charge is 0.507 e. The van der Waals surface area contributed by atoms with Gasteiger partial charge >= 0.3 is 0 Å². The van der Waals surface area contributed by atoms with Crippen LogP contribution in [0, 0.1) is 6.92 Å². The van der Waals surface area contributed by atoms with Gasteiger partial charge in [-0.25, -0.2) is 0 Å². The first kappa shape index (κ1) is 22.1. The Balaban J connectivity index is 1.90. The molecule has 1 aliphatic rings. The van der Waals surface area contributed by atoms with Crippen molar-refractivity contribution < 1.29 is 24.2 Å². The van der Waals surface area contributed by atoms with Crippen LogP contribution in [-0.4, -0.2) is 40.9 Å². The lowest BCUT2D eigenvalue weighted by Gasteiger charge is -2.25. The Morgan fingerprint density at radius 1 is 1.03 bits per heavy atom. The summed E-state index contributed by atoms with van der Waals surface area (Å²) < 4.78 is 10.6. The number of aliphatic hydroxyl groups excluding tert-OH is 1. The number of aromatic nitrogens is 1. The molecular formula is C26H24N2O5. The number of rotatable bonds is 6. The summed E-state index contributed by atoms with van der Waals surface area (Å²) in [6.45, 7) is 2.06. The normalized spacial score (nSPS) is 17.3. The Bertz CT molecular complexity index is 1240. The number of amides is 1. The first-order valence-corrected chi connectivity index (χ1v) is 10.4. The van der Waals surface area contributed by atoms with E-state index in [1.165, 1.54) is 19.1 Å². The molecule has 1 aliphatic heterocycles. The van der Waals surface area contributed by atoms with E-state index >= 15 is 0 Å². The molecule has 1 unspecified atom stereocenters. The molecule has 1 amide bonds. The number of hydrogen-bond acceptors (Lipinski definition) is 6. The lowest BCUT2D eigenvalue weighted by Crippen LogP contribution is -2.29. The summed E-state index contributed by atoms with van der Waals surface area (Å²) in [6.07, 6.45) is 1.63. The standard InChI is InChI=1S/C26H24N2O5/c1-16-7-6-8-17(13-16)23-22(24(29)20-11-10-19(32-2)14-21(20)33-3)25(30)26(31)28(23)15-18-9-4-5-12-27-18/h4-14,23,29H,15H2,1-3H3/b24-22-. The maximum Gasteiger partial charge on any atom is 0.296 e. The van der Waals surface area contributed by atoms with Gasteiger partial charge in [-0.1, -0.05) is 35.9 Å². The monoisotopic (exact) mass is 444 g/mol. The van der Waals surface area contributed by atoms with Crippen LogP contribution in [0.5, 0.6) is 11.5 Å². The molecule has 0 radical (unpaired) electrons. The molecule has 168 valence electrons. The number of pyridine rings is 1. The van der Waals surface area contributed by atoms with Crippen molar-refractivity contribution in [1.29, 1.82) is 0 Å². The molecule has 0 spiro atoms. The maximum atomic E-state index is 13.2. The lowest BCUT2D eigenvalue weighted by atomic mass is 9.94. The molecule has 4 rings (SSSR count). The molecule has 3 aromatic rings. The SMILES string of the molecule is COc1ccc(/C(O)=C2/C(=O)C(=O)N(Cc3ccccn3)C2c2cccc(C)c2)c(OC)c1. The lowest BCUT2D eigenvalue weighted by molar-refractivity contribution is -0.140. The zero-order chi connectivity index (χ0) is 23.5. The molecular weight excluding hydrogens is 420 g/mol. The fourth-order valence-corrected chi connectivity index (χ4v) is 4.04. The van der Waals surface area contributed by atoms with Crippen LogP contribution in [0.25, 0.3) is 5.76 Å². The highest BCUT2D eigenvalue weighted by atomic mass is 16.5. The summed E-state index contributed by atoms with van der Waals surface area (Å²) in [5.74, 6) is -0.892. The van der Waals surface area contributed by atoms with E-state index in [0.29, 0.717) is 22.8 Å². The third-order valence-electron chi connectivity index (χ3n) is 5.62. The average molecular weight is 444 g/mol. The highest BCUT2D eigenvalue weighted by molar-refractivity contribution is 6.46. The van der Waals surface area contributed by atoms with Crippen molar-refractivity contribution in [1.82, 2.24) is 9.88 Å². The summed E-state index contributed by atoms with van der Waals surface area (Å²) in [5.41, 5.74) is 2.63. The Labute approximate surface area is 191 Å². The number of hydrogen-bond donors (Lipinski definition) is 1. The molecule has 33 heavy (non-hydrogen) atoms. The molecule has 0 saturated carbocycles. The number of aryl methyl sites for hydroxylation is 1. The third-order valence-corrected chi connectivity index (χ3v) is 5.62. The van der Waals surface area contributed by atoms with Crippen LogP contribution in [0.4, 0.5) is 0 Å². The van der Waals surface area contributed by atoms with Gasteiger partial charge in [-0.05, 0) is 36.8 Å². The van der Waals surface area contributed by atoms with E-state index in [1.54, 1.807) is 36.5 Å². The molecule has 1 saturated heterocycles. The first-order chi connectivity index (χ1) is 15.9. The Morgan fingerprint density at radius 2 is 1.85 bits per heavy atom. The van der Waals surface area contributed by atoms with Gasteiger partial charge in [0, 0.05) is 12.3 Å². The number of benzene rings is 2. The Kier molecular flexibility index (Phi) is 6.13. The first-order valence-electron chi connectivity index (χ1n) is 10.4. The molecule has 7 heteroatoms. The van der Waals surface area contributed by atoms with Crippen molar-refractivity contribution >= 4 is 17.4 Å². The number of aliphatic hydroxyl groups is 1. The average Bonchev–Trinajstić information content (AvgIpc) is 3.08. The van der Waals surface area contributed by atoms with Crippen molar-refractivity contribution in [2.75, 3.05) is 14.2 Å². The number of ketones is 1. The number of methoxy groups -OCH3 is 2. The van der Waals surface area contributed by atoms with Gasteiger partial charge in [-0.2, -0.15) is 0 Å². The summed E-state index contributed by atoms with van der Waals surface area (Å²) in [7, 11) is 2.98. The predicted octanol–water partition coefficient (Wildman–Crippen LogP) is 4.03. The van der Waals surface area contributed by atoms with Gasteiger partial charge < -0.3 is 19.5 Å². The van der Waals surface area contributed by atoms with Crippen LogP contribution >= 0.6 is 0 Å². The van der Waals surface area contributed by atoms with Gasteiger partial charge in [0.1, 0.15) is 17.3 Å². The van der Waals surface area contributed by atoms with Crippen LogP contribution < -0.4 is 9.47 Å². The highest BCUT2D eigenvalue weighted by Gasteiger charge is 2.46. The van der Waals surface area contributed by atoms with Crippen LogP contribution in [-0.2, 0) is 16.1 Å². The van der Waals surface area contributed by atoms with E-state index in [2.05, 4.69) is 4.98 Å². The highest BCUT2D eigenvalue weighted by Crippen LogP contribution is 2.42. The summed E-state index contributed by atoms with van der Waals surface area (Å²) >= 11 is 0. The molecule has 2 heterocycles. The van der Waals surface area contributed by atoms with Crippen LogP contribution in [0.2, 0.25) is 0 Å². The molecule has 1 atom stereocenters. The maximum absolute atomic E-state index is 13.2. The van der Waals surface area contributed by atoms with Gasteiger partial charge in [0.2, 0.25) is 0 Å². The summed E-state index contributed by atoms with van der Waals surface area (Å²) in [5, 5.41) is 11.3. The van der Waals surface area contributed by atoms with E-state index in [1.807, 2.05) is 37.3 Å². The van der Waals surface area contributed by atoms with E-state index in [0.717, 1.165) is 11.1 Å². The molecule has 1 fully saturated rings. The zero-order valence-electron chi connectivity index (χ0n) is 18.6. The fraction of sp³-hybridized carbons (Fsp3) is 0.192. The van der Waals surface area contributed by atoms with E-state index < -0.39 is 17.7 Å². The number of nitrogens with zero attached hydrogens (tertiary/aromatic N) is 2. The van der Waals surface area contributed by atoms with Crippen molar-refractivity contribution in [3.63, 3.8) is 0 Å². The quantitative estimate of drug-likeness (QED) is 0.351. The Hall–Kier alpha value is -4.13. The van der Waals surface area contributed by atoms with E-state index in [-0.39, 0.29) is 17.9 Å². The Morgan fingerprint density at radius 3 is 2.52 bits per heavy atom. The van der Waals surface area contributed by atoms with Gasteiger partial charge in [-0.15, -0.1) is 0 Å². The molecule has 2 aromatic carbocycles. The molecule has 7 nitrogen and oxygen atoms in total. The van der Waals surface area contributed by atoms with Gasteiger partial charge in [-0.3, -0.25) is 14.6 Å². The van der Waals surface area contributed by atoms with E-state index in [9.17, 15) is 14.7 Å². The number of Topliss-reactive ketones (excluding diaryl/α,β-unsaturated/α-hetero) is 1. The smallest absolute Gasteiger partial charge is 0.296 e. The third kappa shape index (κ3) is 4.17. The topological polar surface area (TPSA) is 89.0 Å². The minimum Gasteiger partial charge on any atom is -0.507 e. The number of carbonyl (C=O) groups is 2. The van der Waals surface area contributed by atoms with Gasteiger partial charge in [0.15, 0.2) is 0 Å². The van der Waals surface area contributed by atoms with Crippen LogP contribution in [0.3, 0.4) is 0 Å². The number of carbonyl (C=O) groups excluding carboxylic acids is 2. The van der Waals surface area contributed by atoms with Crippen LogP contribution in [0.15, 0.2) is 72.4 Å². The minimum atomic E-state index is -0.779. The molecule has 0 aliphatic carbocycles. The second kappa shape index (κ2) is 9.16. The molecule has 1 N–H and O–H groups in total. The minimum absolute atomic E-state index is 0.00463. The van der Waals surface area contributed by atoms with Crippen molar-refractivity contribution in [3.05, 3.63) is 94.8 Å². The summed E-state index contributed by atoms with van der Waals surface area (Å²) in [4.78, 5) is 32.1. The zero-order valence-corrected chi connectivity index (χ0v) is 18.6.